The molecule has 0 aliphatic rings. The van der Waals surface area contributed by atoms with Gasteiger partial charge in [0.2, 0.25) is 5.91 Å². The molecule has 0 aliphatic heterocycles. The number of nitrogens with zero attached hydrogens (tertiary/aromatic N) is 3. The van der Waals surface area contributed by atoms with Crippen molar-refractivity contribution in [1.29, 1.82) is 0 Å². The highest BCUT2D eigenvalue weighted by atomic mass is 32.2. The molecule has 2 amide bonds. The average Bonchev–Trinajstić information content (AvgIpc) is 3.45. The minimum absolute atomic E-state index is 0.0664. The van der Waals surface area contributed by atoms with Crippen LogP contribution in [0.3, 0.4) is 0 Å². The second-order valence-electron chi connectivity index (χ2n) is 7.81. The third-order valence-corrected chi connectivity index (χ3v) is 7.43. The topological polar surface area (TPSA) is 88.4 Å². The smallest absolute Gasteiger partial charge is 0.250 e. The van der Waals surface area contributed by atoms with Crippen molar-refractivity contribution in [3.8, 4) is 0 Å². The molecule has 0 saturated heterocycles. The molecule has 0 spiro atoms. The van der Waals surface area contributed by atoms with Gasteiger partial charge in [0.25, 0.3) is 5.91 Å². The fourth-order valence-electron chi connectivity index (χ4n) is 3.64. The number of nitrogens with one attached hydrogen (secondary N) is 2. The molecule has 0 aliphatic carbocycles. The van der Waals surface area contributed by atoms with Gasteiger partial charge in [0.1, 0.15) is 12.4 Å². The molecule has 0 saturated carbocycles. The molecule has 0 fully saturated rings. The van der Waals surface area contributed by atoms with E-state index in [4.69, 9.17) is 0 Å². The minimum atomic E-state index is -0.365. The largest absolute Gasteiger partial charge is 0.337 e. The molecule has 0 bridgehead atoms. The van der Waals surface area contributed by atoms with Gasteiger partial charge in [0, 0.05) is 28.4 Å². The standard InChI is InChI=1S/C26H20FN5O2S2/c27-18-9-11-19(12-10-18)29-24(33)15-32-14-17(20-5-1-3-7-22(20)32)13-28-31-25(34)16-35-26-30-21-6-2-4-8-23(21)36-26/h1-14H,15-16H2,(H,29,33)(H,31,34)/b28-13+. The fraction of sp³-hybridized carbons (Fsp3) is 0.0769. The molecule has 2 heterocycles. The maximum Gasteiger partial charge on any atom is 0.250 e. The first-order valence-corrected chi connectivity index (χ1v) is 12.8. The maximum absolute atomic E-state index is 13.1. The van der Waals surface area contributed by atoms with Gasteiger partial charge >= 0.3 is 0 Å². The molecule has 0 radical (unpaired) electrons. The van der Waals surface area contributed by atoms with E-state index < -0.39 is 0 Å². The van der Waals surface area contributed by atoms with Gasteiger partial charge in [0.05, 0.1) is 22.2 Å². The van der Waals surface area contributed by atoms with Crippen LogP contribution in [0.5, 0.6) is 0 Å². The SMILES string of the molecule is O=C(CSc1nc2ccccc2s1)N/N=C/c1cn(CC(=O)Nc2ccc(F)cc2)c2ccccc12. The molecule has 7 nitrogen and oxygen atoms in total. The van der Waals surface area contributed by atoms with Crippen LogP contribution in [-0.2, 0) is 16.1 Å². The number of aromatic nitrogens is 2. The van der Waals surface area contributed by atoms with E-state index in [0.717, 1.165) is 31.0 Å². The lowest BCUT2D eigenvalue weighted by atomic mass is 10.2. The molecule has 10 heteroatoms. The Hall–Kier alpha value is -4.02. The van der Waals surface area contributed by atoms with E-state index in [1.807, 2.05) is 48.5 Å². The number of hydrogen-bond acceptors (Lipinski definition) is 6. The Kier molecular flexibility index (Phi) is 7.06. The van der Waals surface area contributed by atoms with Crippen LogP contribution in [-0.4, -0.2) is 33.3 Å². The summed E-state index contributed by atoms with van der Waals surface area (Å²) in [5.41, 5.74) is 5.61. The van der Waals surface area contributed by atoms with E-state index in [0.29, 0.717) is 5.69 Å². The molecule has 2 N–H and O–H groups in total. The van der Waals surface area contributed by atoms with Crippen LogP contribution in [0.15, 0.2) is 88.4 Å². The van der Waals surface area contributed by atoms with Gasteiger partial charge in [-0.1, -0.05) is 42.1 Å². The van der Waals surface area contributed by atoms with Crippen molar-refractivity contribution in [1.82, 2.24) is 15.0 Å². The van der Waals surface area contributed by atoms with Gasteiger partial charge in [-0.05, 0) is 42.5 Å². The van der Waals surface area contributed by atoms with E-state index in [2.05, 4.69) is 20.8 Å². The third kappa shape index (κ3) is 5.61. The molecule has 0 atom stereocenters. The lowest BCUT2D eigenvalue weighted by Gasteiger charge is -2.07. The lowest BCUT2D eigenvalue weighted by molar-refractivity contribution is -0.118. The maximum atomic E-state index is 13.1. The first-order valence-electron chi connectivity index (χ1n) is 11.0. The number of carbonyl (C=O) groups excluding carboxylic acids is 2. The van der Waals surface area contributed by atoms with Crippen LogP contribution < -0.4 is 10.7 Å². The van der Waals surface area contributed by atoms with E-state index in [1.165, 1.54) is 36.0 Å². The van der Waals surface area contributed by atoms with Crippen molar-refractivity contribution >= 4 is 67.9 Å². The molecule has 180 valence electrons. The van der Waals surface area contributed by atoms with Gasteiger partial charge in [-0.3, -0.25) is 9.59 Å². The van der Waals surface area contributed by atoms with Crippen LogP contribution in [0.25, 0.3) is 21.1 Å². The number of thiazole rings is 1. The highest BCUT2D eigenvalue weighted by Gasteiger charge is 2.11. The van der Waals surface area contributed by atoms with Gasteiger partial charge in [-0.2, -0.15) is 5.10 Å². The fourth-order valence-corrected chi connectivity index (χ4v) is 5.50. The summed E-state index contributed by atoms with van der Waals surface area (Å²) in [6.45, 7) is 0.0664. The van der Waals surface area contributed by atoms with Crippen LogP contribution in [0.2, 0.25) is 0 Å². The number of hydrazone groups is 1. The van der Waals surface area contributed by atoms with E-state index in [9.17, 15) is 14.0 Å². The number of hydrogen-bond donors (Lipinski definition) is 2. The molecule has 36 heavy (non-hydrogen) atoms. The van der Waals surface area contributed by atoms with Gasteiger partial charge in [-0.15, -0.1) is 11.3 Å². The van der Waals surface area contributed by atoms with Crippen LogP contribution in [0, 0.1) is 5.82 Å². The second kappa shape index (κ2) is 10.7. The molecule has 3 aromatic carbocycles. The molecular formula is C26H20FN5O2S2. The quantitative estimate of drug-likeness (QED) is 0.167. The summed E-state index contributed by atoms with van der Waals surface area (Å²) in [7, 11) is 0. The Morgan fingerprint density at radius 3 is 2.64 bits per heavy atom. The number of benzene rings is 3. The summed E-state index contributed by atoms with van der Waals surface area (Å²) in [4.78, 5) is 29.3. The third-order valence-electron chi connectivity index (χ3n) is 5.26. The zero-order chi connectivity index (χ0) is 24.9. The predicted molar refractivity (Wildman–Crippen MR) is 143 cm³/mol. The number of rotatable bonds is 8. The zero-order valence-electron chi connectivity index (χ0n) is 18.8. The number of anilines is 1. The first kappa shape index (κ1) is 23.7. The number of fused-ring (bicyclic) bond motifs is 2. The zero-order valence-corrected chi connectivity index (χ0v) is 20.5. The Bertz CT molecular complexity index is 1540. The van der Waals surface area contributed by atoms with Crippen molar-refractivity contribution in [3.05, 3.63) is 90.4 Å². The number of halogens is 1. The van der Waals surface area contributed by atoms with Crippen LogP contribution in [0.4, 0.5) is 10.1 Å². The Balaban J connectivity index is 1.21. The summed E-state index contributed by atoms with van der Waals surface area (Å²) >= 11 is 2.92. The van der Waals surface area contributed by atoms with E-state index >= 15 is 0 Å². The summed E-state index contributed by atoms with van der Waals surface area (Å²) in [5, 5.41) is 7.77. The van der Waals surface area contributed by atoms with Crippen molar-refractivity contribution < 1.29 is 14.0 Å². The number of amides is 2. The monoisotopic (exact) mass is 517 g/mol. The Morgan fingerprint density at radius 2 is 1.81 bits per heavy atom. The molecule has 0 unspecified atom stereocenters. The molecule has 5 aromatic rings. The lowest BCUT2D eigenvalue weighted by Crippen LogP contribution is -2.19. The molecule has 5 rings (SSSR count). The highest BCUT2D eigenvalue weighted by Crippen LogP contribution is 2.29. The Labute approximate surface area is 214 Å². The van der Waals surface area contributed by atoms with Gasteiger partial charge in [-0.25, -0.2) is 14.8 Å². The minimum Gasteiger partial charge on any atom is -0.337 e. The number of thioether (sulfide) groups is 1. The van der Waals surface area contributed by atoms with Crippen molar-refractivity contribution in [3.63, 3.8) is 0 Å². The molecular weight excluding hydrogens is 497 g/mol. The summed E-state index contributed by atoms with van der Waals surface area (Å²) in [5.74, 6) is -0.651. The van der Waals surface area contributed by atoms with Crippen molar-refractivity contribution in [2.24, 2.45) is 5.10 Å². The summed E-state index contributed by atoms with van der Waals surface area (Å²) < 4.78 is 16.8. The molecule has 2 aromatic heterocycles. The van der Waals surface area contributed by atoms with Crippen molar-refractivity contribution in [2.75, 3.05) is 11.1 Å². The van der Waals surface area contributed by atoms with E-state index in [1.54, 1.807) is 28.3 Å². The van der Waals surface area contributed by atoms with Crippen LogP contribution >= 0.6 is 23.1 Å². The number of carbonyl (C=O) groups is 2. The summed E-state index contributed by atoms with van der Waals surface area (Å²) in [6, 6.07) is 21.1. The van der Waals surface area contributed by atoms with Gasteiger partial charge in [0.15, 0.2) is 4.34 Å². The predicted octanol–water partition coefficient (Wildman–Crippen LogP) is 5.27. The second-order valence-corrected chi connectivity index (χ2v) is 10.1. The van der Waals surface area contributed by atoms with E-state index in [-0.39, 0.29) is 29.9 Å². The van der Waals surface area contributed by atoms with Crippen LogP contribution in [0.1, 0.15) is 5.56 Å². The van der Waals surface area contributed by atoms with Crippen molar-refractivity contribution in [2.45, 2.75) is 10.9 Å². The average molecular weight is 518 g/mol. The number of para-hydroxylation sites is 2. The summed E-state index contributed by atoms with van der Waals surface area (Å²) in [6.07, 6.45) is 3.37. The highest BCUT2D eigenvalue weighted by molar-refractivity contribution is 8.01. The normalized spacial score (nSPS) is 11.4. The Morgan fingerprint density at radius 1 is 1.03 bits per heavy atom. The van der Waals surface area contributed by atoms with Gasteiger partial charge < -0.3 is 9.88 Å². The first-order chi connectivity index (χ1) is 17.5.